The van der Waals surface area contributed by atoms with E-state index in [2.05, 4.69) is 58.0 Å². The molecule has 20 heavy (non-hydrogen) atoms. The van der Waals surface area contributed by atoms with Gasteiger partial charge in [-0.3, -0.25) is 0 Å². The van der Waals surface area contributed by atoms with Gasteiger partial charge in [0.05, 0.1) is 0 Å². The maximum absolute atomic E-state index is 5.17. The van der Waals surface area contributed by atoms with E-state index in [9.17, 15) is 0 Å². The minimum absolute atomic E-state index is 0.685. The first-order valence-corrected chi connectivity index (χ1v) is 7.49. The minimum atomic E-state index is 0.685. The van der Waals surface area contributed by atoms with Crippen molar-refractivity contribution in [3.05, 3.63) is 43.3 Å². The minimum Gasteiger partial charge on any atom is -0.443 e. The molecule has 0 bridgehead atoms. The van der Waals surface area contributed by atoms with Crippen LogP contribution in [0.4, 0.5) is 0 Å². The van der Waals surface area contributed by atoms with Crippen molar-refractivity contribution in [3.63, 3.8) is 0 Å². The lowest BCUT2D eigenvalue weighted by atomic mass is 10.0. The van der Waals surface area contributed by atoms with Crippen molar-refractivity contribution in [2.75, 3.05) is 0 Å². The maximum Gasteiger partial charge on any atom is 0.181 e. The van der Waals surface area contributed by atoms with Crippen molar-refractivity contribution < 1.29 is 4.42 Å². The Bertz CT molecular complexity index is 432. The molecule has 2 heteroatoms. The van der Waals surface area contributed by atoms with Crippen LogP contribution in [-0.4, -0.2) is 4.98 Å². The topological polar surface area (TPSA) is 26.0 Å². The van der Waals surface area contributed by atoms with E-state index in [0.717, 1.165) is 17.5 Å². The third-order valence-corrected chi connectivity index (χ3v) is 2.04. The Hall–Kier alpha value is -1.57. The van der Waals surface area contributed by atoms with Crippen LogP contribution in [0.5, 0.6) is 0 Å². The van der Waals surface area contributed by atoms with E-state index in [1.165, 1.54) is 18.4 Å². The maximum atomic E-state index is 5.17. The number of oxazole rings is 1. The molecule has 2 aromatic rings. The van der Waals surface area contributed by atoms with Crippen LogP contribution >= 0.6 is 0 Å². The molecule has 0 aliphatic heterocycles. The van der Waals surface area contributed by atoms with Crippen LogP contribution in [0.15, 0.2) is 42.2 Å². The van der Waals surface area contributed by atoms with E-state index in [4.69, 9.17) is 4.42 Å². The predicted octanol–water partition coefficient (Wildman–Crippen LogP) is 6.27. The molecule has 2 nitrogen and oxygen atoms in total. The molecule has 0 unspecified atom stereocenters. The first-order valence-electron chi connectivity index (χ1n) is 7.49. The van der Waals surface area contributed by atoms with Crippen LogP contribution in [0, 0.1) is 5.92 Å². The average Bonchev–Trinajstić information content (AvgIpc) is 2.91. The van der Waals surface area contributed by atoms with E-state index in [1.807, 2.05) is 19.9 Å². The van der Waals surface area contributed by atoms with Crippen molar-refractivity contribution in [2.24, 2.45) is 5.92 Å². The van der Waals surface area contributed by atoms with Crippen molar-refractivity contribution in [3.8, 4) is 0 Å². The Morgan fingerprint density at radius 2 is 1.70 bits per heavy atom. The summed E-state index contributed by atoms with van der Waals surface area (Å²) in [5.41, 5.74) is 3.15. The highest BCUT2D eigenvalue weighted by Gasteiger charge is 2.01. The summed E-state index contributed by atoms with van der Waals surface area (Å²) >= 11 is 0. The van der Waals surface area contributed by atoms with Gasteiger partial charge in [-0.2, -0.15) is 0 Å². The van der Waals surface area contributed by atoms with Gasteiger partial charge in [-0.05, 0) is 30.0 Å². The quantitative estimate of drug-likeness (QED) is 0.604. The number of aromatic nitrogens is 1. The number of benzene rings is 1. The van der Waals surface area contributed by atoms with E-state index in [1.54, 1.807) is 0 Å². The zero-order valence-electron chi connectivity index (χ0n) is 14.1. The van der Waals surface area contributed by atoms with E-state index >= 15 is 0 Å². The molecule has 0 amide bonds. The fourth-order valence-electron chi connectivity index (χ4n) is 1.50. The summed E-state index contributed by atoms with van der Waals surface area (Å²) in [6.45, 7) is 18.7. The second-order valence-corrected chi connectivity index (χ2v) is 4.46. The molecule has 0 aliphatic rings. The molecule has 0 aliphatic carbocycles. The van der Waals surface area contributed by atoms with Crippen molar-refractivity contribution >= 4 is 11.1 Å². The van der Waals surface area contributed by atoms with Gasteiger partial charge in [0.2, 0.25) is 0 Å². The average molecular weight is 277 g/mol. The van der Waals surface area contributed by atoms with Crippen molar-refractivity contribution in [1.29, 1.82) is 0 Å². The molecule has 0 spiro atoms. The summed E-state index contributed by atoms with van der Waals surface area (Å²) in [5.74, 6) is 0.685. The smallest absolute Gasteiger partial charge is 0.181 e. The predicted molar refractivity (Wildman–Crippen MR) is 91.1 cm³/mol. The second kappa shape index (κ2) is 13.9. The number of hydrogen-bond acceptors (Lipinski definition) is 2. The van der Waals surface area contributed by atoms with Crippen LogP contribution in [0.2, 0.25) is 0 Å². The molecule has 0 saturated heterocycles. The molecule has 0 N–H and O–H groups in total. The van der Waals surface area contributed by atoms with Gasteiger partial charge in [-0.15, -0.1) is 13.2 Å². The Kier molecular flexibility index (Phi) is 14.4. The highest BCUT2D eigenvalue weighted by Crippen LogP contribution is 2.16. The van der Waals surface area contributed by atoms with E-state index in [-0.39, 0.29) is 0 Å². The molecule has 2 rings (SSSR count). The molecule has 0 atom stereocenters. The normalized spacial score (nSPS) is 8.75. The number of rotatable bonds is 2. The van der Waals surface area contributed by atoms with Gasteiger partial charge in [0.1, 0.15) is 5.52 Å². The molecular weight excluding hydrogens is 246 g/mol. The highest BCUT2D eigenvalue weighted by molar-refractivity contribution is 5.72. The highest BCUT2D eigenvalue weighted by atomic mass is 16.3. The molecule has 0 radical (unpaired) electrons. The lowest BCUT2D eigenvalue weighted by molar-refractivity contribution is 0.601. The zero-order valence-corrected chi connectivity index (χ0v) is 14.1. The van der Waals surface area contributed by atoms with E-state index in [0.29, 0.717) is 5.92 Å². The van der Waals surface area contributed by atoms with Crippen molar-refractivity contribution in [2.45, 2.75) is 54.4 Å². The molecule has 1 heterocycles. The third-order valence-electron chi connectivity index (χ3n) is 2.04. The standard InChI is InChI=1S/C11H13NO.C3H8.C2H6.C2H4/c1-8(2)5-9-3-4-11-10(6-9)12-7-13-11;1-3-2;2*1-2/h3-4,6-8H,5H2,1-2H3;3H2,1-2H3;1-2H3;1-2H2. The van der Waals surface area contributed by atoms with Crippen LogP contribution in [0.25, 0.3) is 11.1 Å². The Labute approximate surface area is 124 Å². The van der Waals surface area contributed by atoms with Gasteiger partial charge in [-0.25, -0.2) is 4.98 Å². The van der Waals surface area contributed by atoms with Gasteiger partial charge in [0.25, 0.3) is 0 Å². The Morgan fingerprint density at radius 3 is 2.20 bits per heavy atom. The second-order valence-electron chi connectivity index (χ2n) is 4.46. The lowest BCUT2D eigenvalue weighted by Gasteiger charge is -2.03. The first kappa shape index (κ1) is 20.7. The largest absolute Gasteiger partial charge is 0.443 e. The van der Waals surface area contributed by atoms with Gasteiger partial charge in [0.15, 0.2) is 12.0 Å². The molecule has 114 valence electrons. The summed E-state index contributed by atoms with van der Waals surface area (Å²) < 4.78 is 5.17. The summed E-state index contributed by atoms with van der Waals surface area (Å²) in [5, 5.41) is 0. The summed E-state index contributed by atoms with van der Waals surface area (Å²) in [7, 11) is 0. The number of fused-ring (bicyclic) bond motifs is 1. The van der Waals surface area contributed by atoms with Crippen LogP contribution in [0.3, 0.4) is 0 Å². The van der Waals surface area contributed by atoms with Crippen molar-refractivity contribution in [1.82, 2.24) is 4.98 Å². The molecule has 0 fully saturated rings. The monoisotopic (exact) mass is 277 g/mol. The van der Waals surface area contributed by atoms with Crippen LogP contribution in [-0.2, 0) is 6.42 Å². The first-order chi connectivity index (χ1) is 9.67. The van der Waals surface area contributed by atoms with Gasteiger partial charge in [0, 0.05) is 0 Å². The number of hydrogen-bond donors (Lipinski definition) is 0. The zero-order chi connectivity index (χ0) is 16.0. The third kappa shape index (κ3) is 8.52. The van der Waals surface area contributed by atoms with Gasteiger partial charge in [-0.1, -0.05) is 54.0 Å². The summed E-state index contributed by atoms with van der Waals surface area (Å²) in [6, 6.07) is 6.19. The SMILES string of the molecule is C=C.CC.CC(C)Cc1ccc2ocnc2c1.CCC. The van der Waals surface area contributed by atoms with Gasteiger partial charge >= 0.3 is 0 Å². The Morgan fingerprint density at radius 1 is 1.15 bits per heavy atom. The number of nitrogens with zero attached hydrogens (tertiary/aromatic N) is 1. The van der Waals surface area contributed by atoms with E-state index < -0.39 is 0 Å². The lowest BCUT2D eigenvalue weighted by Crippen LogP contribution is -1.93. The van der Waals surface area contributed by atoms with Crippen LogP contribution in [0.1, 0.15) is 53.5 Å². The summed E-state index contributed by atoms with van der Waals surface area (Å²) in [6.07, 6.45) is 3.84. The molecule has 0 saturated carbocycles. The molecule has 1 aromatic heterocycles. The van der Waals surface area contributed by atoms with Gasteiger partial charge < -0.3 is 4.42 Å². The summed E-state index contributed by atoms with van der Waals surface area (Å²) in [4.78, 5) is 4.12. The fraction of sp³-hybridized carbons (Fsp3) is 0.500. The molecular formula is C18H31NO. The fourth-order valence-corrected chi connectivity index (χ4v) is 1.50. The Balaban J connectivity index is 0. The molecule has 1 aromatic carbocycles. The van der Waals surface area contributed by atoms with Crippen LogP contribution < -0.4 is 0 Å².